The molecule has 3 nitrogen and oxygen atoms in total. The van der Waals surface area contributed by atoms with Crippen LogP contribution < -0.4 is 0 Å². The van der Waals surface area contributed by atoms with Crippen LogP contribution in [-0.4, -0.2) is 22.8 Å². The third kappa shape index (κ3) is 4.98. The van der Waals surface area contributed by atoms with E-state index in [2.05, 4.69) is 0 Å². The van der Waals surface area contributed by atoms with Crippen LogP contribution in [-0.2, 0) is 9.53 Å². The van der Waals surface area contributed by atoms with Crippen molar-refractivity contribution in [1.29, 1.82) is 0 Å². The van der Waals surface area contributed by atoms with E-state index in [-0.39, 0.29) is 18.0 Å². The summed E-state index contributed by atoms with van der Waals surface area (Å²) in [7, 11) is 0. The molecule has 1 aliphatic rings. The molecule has 1 rings (SSSR count). The number of aliphatic hydroxyl groups is 1. The van der Waals surface area contributed by atoms with Crippen LogP contribution in [0.4, 0.5) is 0 Å². The third-order valence-electron chi connectivity index (χ3n) is 2.24. The second-order valence-electron chi connectivity index (χ2n) is 5.10. The largest absolute Gasteiger partial charge is 0.460 e. The van der Waals surface area contributed by atoms with E-state index in [1.165, 1.54) is 0 Å². The molecule has 0 spiro atoms. The number of carbonyl (C=O) groups is 1. The highest BCUT2D eigenvalue weighted by Gasteiger charge is 2.22. The molecule has 0 fully saturated rings. The van der Waals surface area contributed by atoms with Gasteiger partial charge in [0.2, 0.25) is 0 Å². The van der Waals surface area contributed by atoms with E-state index < -0.39 is 5.60 Å². The van der Waals surface area contributed by atoms with Gasteiger partial charge in [-0.2, -0.15) is 0 Å². The van der Waals surface area contributed by atoms with E-state index in [9.17, 15) is 9.90 Å². The van der Waals surface area contributed by atoms with E-state index in [0.29, 0.717) is 19.3 Å². The number of rotatable bonds is 2. The standard InChI is InChI=1S/C12H20O3/c1-12(2,3)15-11(14)8-9-5-4-6-10(13)7-9/h4-5,9-10,13H,6-8H2,1-3H3/t9-,10+/m0/s1. The van der Waals surface area contributed by atoms with Crippen molar-refractivity contribution in [3.8, 4) is 0 Å². The minimum Gasteiger partial charge on any atom is -0.460 e. The summed E-state index contributed by atoms with van der Waals surface area (Å²) in [5.41, 5.74) is -0.423. The van der Waals surface area contributed by atoms with E-state index >= 15 is 0 Å². The summed E-state index contributed by atoms with van der Waals surface area (Å²) in [6, 6.07) is 0. The Morgan fingerprint density at radius 1 is 1.53 bits per heavy atom. The molecule has 0 radical (unpaired) electrons. The lowest BCUT2D eigenvalue weighted by molar-refractivity contribution is -0.155. The first-order chi connectivity index (χ1) is 6.87. The molecular formula is C12H20O3. The first-order valence-electron chi connectivity index (χ1n) is 5.43. The van der Waals surface area contributed by atoms with Gasteiger partial charge in [0.25, 0.3) is 0 Å². The molecule has 0 aromatic rings. The molecule has 0 aliphatic heterocycles. The van der Waals surface area contributed by atoms with E-state index in [1.54, 1.807) is 0 Å². The van der Waals surface area contributed by atoms with Crippen LogP contribution in [0.1, 0.15) is 40.0 Å². The fourth-order valence-corrected chi connectivity index (χ4v) is 1.70. The zero-order valence-electron chi connectivity index (χ0n) is 9.69. The van der Waals surface area contributed by atoms with Crippen molar-refractivity contribution in [2.75, 3.05) is 0 Å². The zero-order chi connectivity index (χ0) is 11.5. The van der Waals surface area contributed by atoms with Crippen molar-refractivity contribution in [2.45, 2.75) is 51.7 Å². The maximum atomic E-state index is 11.5. The van der Waals surface area contributed by atoms with Crippen molar-refractivity contribution in [1.82, 2.24) is 0 Å². The highest BCUT2D eigenvalue weighted by Crippen LogP contribution is 2.22. The van der Waals surface area contributed by atoms with Gasteiger partial charge in [-0.3, -0.25) is 4.79 Å². The minimum absolute atomic E-state index is 0.128. The maximum Gasteiger partial charge on any atom is 0.306 e. The number of allylic oxidation sites excluding steroid dienone is 1. The second-order valence-corrected chi connectivity index (χ2v) is 5.10. The summed E-state index contributed by atoms with van der Waals surface area (Å²) >= 11 is 0. The predicted molar refractivity (Wildman–Crippen MR) is 58.3 cm³/mol. The fourth-order valence-electron chi connectivity index (χ4n) is 1.70. The Hall–Kier alpha value is -0.830. The Morgan fingerprint density at radius 3 is 2.73 bits per heavy atom. The molecule has 86 valence electrons. The van der Waals surface area contributed by atoms with Crippen molar-refractivity contribution in [3.63, 3.8) is 0 Å². The molecule has 0 aromatic heterocycles. The highest BCUT2D eigenvalue weighted by atomic mass is 16.6. The summed E-state index contributed by atoms with van der Waals surface area (Å²) < 4.78 is 5.22. The van der Waals surface area contributed by atoms with Crippen LogP contribution >= 0.6 is 0 Å². The maximum absolute atomic E-state index is 11.5. The van der Waals surface area contributed by atoms with Gasteiger partial charge in [0.1, 0.15) is 5.60 Å². The Bertz CT molecular complexity index is 250. The SMILES string of the molecule is CC(C)(C)OC(=O)C[C@H]1C=CC[C@@H](O)C1. The average Bonchev–Trinajstić information content (AvgIpc) is 1.99. The van der Waals surface area contributed by atoms with Crippen LogP contribution in [0.5, 0.6) is 0 Å². The summed E-state index contributed by atoms with van der Waals surface area (Å²) in [6.07, 6.45) is 5.35. The smallest absolute Gasteiger partial charge is 0.306 e. The van der Waals surface area contributed by atoms with Gasteiger partial charge in [-0.05, 0) is 39.5 Å². The van der Waals surface area contributed by atoms with E-state index in [1.807, 2.05) is 32.9 Å². The first-order valence-corrected chi connectivity index (χ1v) is 5.43. The number of hydrogen-bond donors (Lipinski definition) is 1. The number of esters is 1. The number of hydrogen-bond acceptors (Lipinski definition) is 3. The summed E-state index contributed by atoms with van der Waals surface area (Å²) in [5, 5.41) is 9.42. The van der Waals surface area contributed by atoms with Gasteiger partial charge in [-0.25, -0.2) is 0 Å². The molecule has 2 atom stereocenters. The van der Waals surface area contributed by atoms with Crippen molar-refractivity contribution >= 4 is 5.97 Å². The molecule has 0 saturated heterocycles. The molecule has 0 aromatic carbocycles. The summed E-state index contributed by atoms with van der Waals surface area (Å²) in [5.74, 6) is -0.0603. The molecule has 0 saturated carbocycles. The lowest BCUT2D eigenvalue weighted by Gasteiger charge is -2.23. The lowest BCUT2D eigenvalue weighted by atomic mass is 9.91. The molecule has 1 N–H and O–H groups in total. The first kappa shape index (κ1) is 12.2. The van der Waals surface area contributed by atoms with Gasteiger partial charge in [0.15, 0.2) is 0 Å². The van der Waals surface area contributed by atoms with Gasteiger partial charge in [0, 0.05) is 0 Å². The second kappa shape index (κ2) is 4.79. The third-order valence-corrected chi connectivity index (χ3v) is 2.24. The van der Waals surface area contributed by atoms with Crippen LogP contribution in [0.3, 0.4) is 0 Å². The predicted octanol–water partition coefficient (Wildman–Crippen LogP) is 2.05. The number of ether oxygens (including phenoxy) is 1. The molecule has 0 amide bonds. The average molecular weight is 212 g/mol. The van der Waals surface area contributed by atoms with Crippen LogP contribution in [0, 0.1) is 5.92 Å². The normalized spacial score (nSPS) is 26.4. The fraction of sp³-hybridized carbons (Fsp3) is 0.750. The zero-order valence-corrected chi connectivity index (χ0v) is 9.69. The number of carbonyl (C=O) groups excluding carboxylic acids is 1. The molecule has 0 heterocycles. The lowest BCUT2D eigenvalue weighted by Crippen LogP contribution is -2.26. The van der Waals surface area contributed by atoms with Gasteiger partial charge >= 0.3 is 5.97 Å². The molecular weight excluding hydrogens is 192 g/mol. The molecule has 15 heavy (non-hydrogen) atoms. The monoisotopic (exact) mass is 212 g/mol. The molecule has 3 heteroatoms. The minimum atomic E-state index is -0.423. The Kier molecular flexibility index (Phi) is 3.91. The van der Waals surface area contributed by atoms with Gasteiger partial charge in [-0.15, -0.1) is 0 Å². The van der Waals surface area contributed by atoms with E-state index in [0.717, 1.165) is 0 Å². The van der Waals surface area contributed by atoms with Gasteiger partial charge in [0.05, 0.1) is 12.5 Å². The van der Waals surface area contributed by atoms with Crippen LogP contribution in [0.15, 0.2) is 12.2 Å². The van der Waals surface area contributed by atoms with Crippen molar-refractivity contribution in [2.24, 2.45) is 5.92 Å². The summed E-state index contributed by atoms with van der Waals surface area (Å²) in [6.45, 7) is 5.57. The quantitative estimate of drug-likeness (QED) is 0.563. The van der Waals surface area contributed by atoms with Crippen molar-refractivity contribution in [3.05, 3.63) is 12.2 Å². The molecule has 0 unspecified atom stereocenters. The van der Waals surface area contributed by atoms with Gasteiger partial charge < -0.3 is 9.84 Å². The highest BCUT2D eigenvalue weighted by molar-refractivity contribution is 5.70. The molecule has 1 aliphatic carbocycles. The van der Waals surface area contributed by atoms with Gasteiger partial charge in [-0.1, -0.05) is 12.2 Å². The van der Waals surface area contributed by atoms with Crippen LogP contribution in [0.2, 0.25) is 0 Å². The van der Waals surface area contributed by atoms with Crippen LogP contribution in [0.25, 0.3) is 0 Å². The Balaban J connectivity index is 2.38. The Morgan fingerprint density at radius 2 is 2.20 bits per heavy atom. The van der Waals surface area contributed by atoms with E-state index in [4.69, 9.17) is 4.74 Å². The summed E-state index contributed by atoms with van der Waals surface area (Å²) in [4.78, 5) is 11.5. The molecule has 0 bridgehead atoms. The number of aliphatic hydroxyl groups excluding tert-OH is 1. The topological polar surface area (TPSA) is 46.5 Å². The Labute approximate surface area is 91.1 Å². The van der Waals surface area contributed by atoms with Crippen molar-refractivity contribution < 1.29 is 14.6 Å².